The van der Waals surface area contributed by atoms with Gasteiger partial charge in [0, 0.05) is 6.04 Å². The molecule has 0 aliphatic carbocycles. The van der Waals surface area contributed by atoms with Crippen LogP contribution in [0.25, 0.3) is 0 Å². The highest BCUT2D eigenvalue weighted by Crippen LogP contribution is 2.33. The van der Waals surface area contributed by atoms with E-state index in [1.54, 1.807) is 17.0 Å². The van der Waals surface area contributed by atoms with Crippen molar-refractivity contribution in [3.63, 3.8) is 0 Å². The van der Waals surface area contributed by atoms with Gasteiger partial charge >= 0.3 is 0 Å². The number of carbonyl (C=O) groups excluding carboxylic acids is 2. The third-order valence-electron chi connectivity index (χ3n) is 4.72. The number of likely N-dealkylation sites (N-methyl/N-ethyl adjacent to an activating group) is 1. The van der Waals surface area contributed by atoms with Crippen LogP contribution in [-0.4, -0.2) is 43.0 Å². The van der Waals surface area contributed by atoms with Crippen LogP contribution in [0.15, 0.2) is 54.6 Å². The molecule has 2 amide bonds. The summed E-state index contributed by atoms with van der Waals surface area (Å²) in [7, 11) is 1.91. The Kier molecular flexibility index (Phi) is 5.23. The van der Waals surface area contributed by atoms with Gasteiger partial charge in [-0.25, -0.2) is 0 Å². The molecule has 1 aliphatic rings. The molecule has 2 aromatic carbocycles. The minimum Gasteiger partial charge on any atom is -0.477 e. The standard InChI is InChI=1S/C20H23N3O3/c1-14(15-8-4-3-5-9-15)22(2)13-19(24)23-12-18(20(21)25)26-17-11-7-6-10-16(17)23/h3-11,14,18H,12-13H2,1-2H3,(H2,21,25)/t14-,18-/m1/s1. The minimum atomic E-state index is -0.842. The lowest BCUT2D eigenvalue weighted by Crippen LogP contribution is -2.51. The normalized spacial score (nSPS) is 17.3. The number of nitrogens with zero attached hydrogens (tertiary/aromatic N) is 2. The first-order valence-corrected chi connectivity index (χ1v) is 8.58. The number of para-hydroxylation sites is 2. The second kappa shape index (κ2) is 7.58. The van der Waals surface area contributed by atoms with Gasteiger partial charge in [0.2, 0.25) is 5.91 Å². The van der Waals surface area contributed by atoms with E-state index in [9.17, 15) is 9.59 Å². The summed E-state index contributed by atoms with van der Waals surface area (Å²) in [6, 6.07) is 17.3. The third kappa shape index (κ3) is 3.70. The molecule has 0 spiro atoms. The van der Waals surface area contributed by atoms with Gasteiger partial charge in [-0.3, -0.25) is 14.5 Å². The largest absolute Gasteiger partial charge is 0.477 e. The third-order valence-corrected chi connectivity index (χ3v) is 4.72. The van der Waals surface area contributed by atoms with Gasteiger partial charge in [0.05, 0.1) is 18.8 Å². The van der Waals surface area contributed by atoms with E-state index in [0.717, 1.165) is 5.56 Å². The summed E-state index contributed by atoms with van der Waals surface area (Å²) >= 11 is 0. The van der Waals surface area contributed by atoms with E-state index in [0.29, 0.717) is 11.4 Å². The van der Waals surface area contributed by atoms with Crippen LogP contribution in [0.1, 0.15) is 18.5 Å². The van der Waals surface area contributed by atoms with Crippen LogP contribution in [0.5, 0.6) is 5.75 Å². The Morgan fingerprint density at radius 2 is 1.85 bits per heavy atom. The van der Waals surface area contributed by atoms with Crippen molar-refractivity contribution >= 4 is 17.5 Å². The number of fused-ring (bicyclic) bond motifs is 1. The molecule has 136 valence electrons. The molecular weight excluding hydrogens is 330 g/mol. The Morgan fingerprint density at radius 3 is 2.54 bits per heavy atom. The number of hydrogen-bond donors (Lipinski definition) is 1. The number of anilines is 1. The highest BCUT2D eigenvalue weighted by atomic mass is 16.5. The second-order valence-electron chi connectivity index (χ2n) is 6.48. The van der Waals surface area contributed by atoms with Crippen LogP contribution in [0.4, 0.5) is 5.69 Å². The smallest absolute Gasteiger partial charge is 0.260 e. The van der Waals surface area contributed by atoms with Gasteiger partial charge in [-0.15, -0.1) is 0 Å². The van der Waals surface area contributed by atoms with Crippen molar-refractivity contribution in [2.75, 3.05) is 25.0 Å². The molecule has 3 rings (SSSR count). The summed E-state index contributed by atoms with van der Waals surface area (Å²) in [6.45, 7) is 2.40. The molecule has 2 N–H and O–H groups in total. The summed E-state index contributed by atoms with van der Waals surface area (Å²) in [5.74, 6) is -0.185. The van der Waals surface area contributed by atoms with Crippen molar-refractivity contribution in [1.82, 2.24) is 4.90 Å². The van der Waals surface area contributed by atoms with Crippen LogP contribution in [0.3, 0.4) is 0 Å². The molecule has 0 unspecified atom stereocenters. The highest BCUT2D eigenvalue weighted by Gasteiger charge is 2.33. The van der Waals surface area contributed by atoms with Crippen molar-refractivity contribution in [3.8, 4) is 5.75 Å². The first-order chi connectivity index (χ1) is 12.5. The fraction of sp³-hybridized carbons (Fsp3) is 0.300. The summed E-state index contributed by atoms with van der Waals surface area (Å²) in [6.07, 6.45) is -0.842. The Morgan fingerprint density at radius 1 is 1.19 bits per heavy atom. The predicted molar refractivity (Wildman–Crippen MR) is 99.9 cm³/mol. The van der Waals surface area contributed by atoms with Crippen LogP contribution >= 0.6 is 0 Å². The van der Waals surface area contributed by atoms with Gasteiger partial charge in [-0.2, -0.15) is 0 Å². The van der Waals surface area contributed by atoms with Crippen LogP contribution in [-0.2, 0) is 9.59 Å². The number of primary amides is 1. The monoisotopic (exact) mass is 353 g/mol. The van der Waals surface area contributed by atoms with E-state index in [1.165, 1.54) is 0 Å². The van der Waals surface area contributed by atoms with E-state index in [2.05, 4.69) is 6.92 Å². The molecule has 2 aromatic rings. The second-order valence-corrected chi connectivity index (χ2v) is 6.48. The Hall–Kier alpha value is -2.86. The first kappa shape index (κ1) is 17.9. The van der Waals surface area contributed by atoms with E-state index in [-0.39, 0.29) is 25.0 Å². The van der Waals surface area contributed by atoms with Crippen molar-refractivity contribution in [2.45, 2.75) is 19.1 Å². The maximum atomic E-state index is 13.0. The minimum absolute atomic E-state index is 0.0865. The van der Waals surface area contributed by atoms with Crippen LogP contribution < -0.4 is 15.4 Å². The maximum absolute atomic E-state index is 13.0. The van der Waals surface area contributed by atoms with E-state index in [1.807, 2.05) is 54.4 Å². The number of hydrogen-bond acceptors (Lipinski definition) is 4. The number of rotatable bonds is 5. The molecule has 1 aliphatic heterocycles. The van der Waals surface area contributed by atoms with Gasteiger partial charge in [0.25, 0.3) is 5.91 Å². The van der Waals surface area contributed by atoms with Crippen molar-refractivity contribution < 1.29 is 14.3 Å². The molecule has 6 heteroatoms. The fourth-order valence-electron chi connectivity index (χ4n) is 3.04. The average molecular weight is 353 g/mol. The lowest BCUT2D eigenvalue weighted by molar-refractivity contribution is -0.125. The van der Waals surface area contributed by atoms with Gasteiger partial charge < -0.3 is 15.4 Å². The molecule has 0 saturated heterocycles. The van der Waals surface area contributed by atoms with Gasteiger partial charge in [0.15, 0.2) is 6.10 Å². The van der Waals surface area contributed by atoms with E-state index in [4.69, 9.17) is 10.5 Å². The fourth-order valence-corrected chi connectivity index (χ4v) is 3.04. The molecule has 0 radical (unpaired) electrons. The molecule has 2 atom stereocenters. The summed E-state index contributed by atoms with van der Waals surface area (Å²) in [5.41, 5.74) is 7.20. The highest BCUT2D eigenvalue weighted by molar-refractivity contribution is 5.98. The summed E-state index contributed by atoms with van der Waals surface area (Å²) in [4.78, 5) is 28.1. The summed E-state index contributed by atoms with van der Waals surface area (Å²) in [5, 5.41) is 0. The number of nitrogens with two attached hydrogens (primary N) is 1. The van der Waals surface area contributed by atoms with E-state index < -0.39 is 12.0 Å². The number of benzene rings is 2. The molecule has 26 heavy (non-hydrogen) atoms. The van der Waals surface area contributed by atoms with Gasteiger partial charge in [0.1, 0.15) is 5.75 Å². The van der Waals surface area contributed by atoms with Crippen molar-refractivity contribution in [3.05, 3.63) is 60.2 Å². The van der Waals surface area contributed by atoms with Gasteiger partial charge in [-0.05, 0) is 31.7 Å². The topological polar surface area (TPSA) is 75.9 Å². The quantitative estimate of drug-likeness (QED) is 0.891. The number of amides is 2. The maximum Gasteiger partial charge on any atom is 0.260 e. The summed E-state index contributed by atoms with van der Waals surface area (Å²) < 4.78 is 5.61. The molecule has 0 bridgehead atoms. The van der Waals surface area contributed by atoms with Crippen molar-refractivity contribution in [1.29, 1.82) is 0 Å². The molecule has 0 fully saturated rings. The van der Waals surface area contributed by atoms with Gasteiger partial charge in [-0.1, -0.05) is 42.5 Å². The SMILES string of the molecule is C[C@H](c1ccccc1)N(C)CC(=O)N1C[C@H](C(N)=O)Oc2ccccc21. The Labute approximate surface area is 153 Å². The molecule has 1 heterocycles. The molecule has 6 nitrogen and oxygen atoms in total. The molecule has 0 aromatic heterocycles. The van der Waals surface area contributed by atoms with E-state index >= 15 is 0 Å². The zero-order chi connectivity index (χ0) is 18.7. The first-order valence-electron chi connectivity index (χ1n) is 8.58. The Balaban J connectivity index is 1.77. The van der Waals surface area contributed by atoms with Crippen molar-refractivity contribution in [2.24, 2.45) is 5.73 Å². The van der Waals surface area contributed by atoms with Crippen LogP contribution in [0.2, 0.25) is 0 Å². The average Bonchev–Trinajstić information content (AvgIpc) is 2.66. The predicted octanol–water partition coefficient (Wildman–Crippen LogP) is 1.96. The zero-order valence-electron chi connectivity index (χ0n) is 15.0. The number of ether oxygens (including phenoxy) is 1. The molecular formula is C20H23N3O3. The molecule has 0 saturated carbocycles. The Bertz CT molecular complexity index is 794. The lowest BCUT2D eigenvalue weighted by atomic mass is 10.1. The lowest BCUT2D eigenvalue weighted by Gasteiger charge is -2.35. The van der Waals surface area contributed by atoms with Crippen LogP contribution in [0, 0.1) is 0 Å². The zero-order valence-corrected chi connectivity index (χ0v) is 15.0. The number of carbonyl (C=O) groups is 2.